The van der Waals surface area contributed by atoms with E-state index in [1.165, 1.54) is 103 Å². The first kappa shape index (κ1) is 55.6. The fraction of sp³-hybridized carbons (Fsp3) is 0.745. The van der Waals surface area contributed by atoms with E-state index >= 15 is 0 Å². The number of carbonyl (C=O) groups is 1. The van der Waals surface area contributed by atoms with Crippen LogP contribution < -0.4 is 0 Å². The third kappa shape index (κ3) is 32.4. The lowest BCUT2D eigenvalue weighted by atomic mass is 9.99. The van der Waals surface area contributed by atoms with Crippen LogP contribution in [0.4, 0.5) is 0 Å². The Morgan fingerprint density at radius 3 is 1.43 bits per heavy atom. The Morgan fingerprint density at radius 2 is 0.983 bits per heavy atom. The summed E-state index contributed by atoms with van der Waals surface area (Å²) >= 11 is 0. The van der Waals surface area contributed by atoms with Gasteiger partial charge in [-0.25, -0.2) is 0 Å². The van der Waals surface area contributed by atoms with Gasteiger partial charge in [-0.1, -0.05) is 196 Å². The van der Waals surface area contributed by atoms with E-state index in [0.29, 0.717) is 13.0 Å². The molecule has 1 saturated heterocycles. The maximum absolute atomic E-state index is 12.8. The van der Waals surface area contributed by atoms with Crippen molar-refractivity contribution >= 4 is 5.97 Å². The minimum absolute atomic E-state index is 0.113. The van der Waals surface area contributed by atoms with Gasteiger partial charge < -0.3 is 39.4 Å². The summed E-state index contributed by atoms with van der Waals surface area (Å²) in [6, 6.07) is 0. The summed E-state index contributed by atoms with van der Waals surface area (Å²) in [5.74, 6) is -0.395. The Kier molecular flexibility index (Phi) is 38.9. The van der Waals surface area contributed by atoms with Crippen molar-refractivity contribution in [3.8, 4) is 0 Å². The van der Waals surface area contributed by atoms with Crippen molar-refractivity contribution in [1.82, 2.24) is 0 Å². The van der Waals surface area contributed by atoms with Crippen molar-refractivity contribution in [3.05, 3.63) is 72.9 Å². The summed E-state index contributed by atoms with van der Waals surface area (Å²) in [6.07, 6.45) is 48.0. The number of hydrogen-bond donors (Lipinski definition) is 4. The van der Waals surface area contributed by atoms with Gasteiger partial charge in [-0.2, -0.15) is 0 Å². The molecule has 0 aromatic carbocycles. The molecule has 0 bridgehead atoms. The second-order valence-corrected chi connectivity index (χ2v) is 16.2. The highest BCUT2D eigenvalue weighted by Crippen LogP contribution is 2.22. The van der Waals surface area contributed by atoms with Gasteiger partial charge in [0, 0.05) is 13.0 Å². The van der Waals surface area contributed by atoms with Gasteiger partial charge in [0.15, 0.2) is 6.29 Å². The average molecular weight is 845 g/mol. The van der Waals surface area contributed by atoms with Crippen molar-refractivity contribution in [3.63, 3.8) is 0 Å². The smallest absolute Gasteiger partial charge is 0.306 e. The van der Waals surface area contributed by atoms with Crippen LogP contribution in [-0.4, -0.2) is 89.6 Å². The summed E-state index contributed by atoms with van der Waals surface area (Å²) in [5, 5.41) is 40.2. The number of aliphatic hydroxyl groups is 4. The van der Waals surface area contributed by atoms with E-state index in [0.717, 1.165) is 51.4 Å². The Balaban J connectivity index is 2.30. The number of rotatable bonds is 40. The molecule has 0 saturated carbocycles. The minimum Gasteiger partial charge on any atom is -0.457 e. The molecule has 9 heteroatoms. The van der Waals surface area contributed by atoms with E-state index in [-0.39, 0.29) is 19.6 Å². The third-order valence-corrected chi connectivity index (χ3v) is 10.7. The van der Waals surface area contributed by atoms with Gasteiger partial charge in [-0.3, -0.25) is 4.79 Å². The van der Waals surface area contributed by atoms with Gasteiger partial charge in [-0.05, 0) is 51.4 Å². The molecule has 0 spiro atoms. The summed E-state index contributed by atoms with van der Waals surface area (Å²) < 4.78 is 22.8. The molecule has 346 valence electrons. The van der Waals surface area contributed by atoms with Crippen LogP contribution in [0.25, 0.3) is 0 Å². The van der Waals surface area contributed by atoms with Crippen LogP contribution in [0, 0.1) is 0 Å². The number of unbranched alkanes of at least 4 members (excludes halogenated alkanes) is 17. The zero-order chi connectivity index (χ0) is 43.6. The molecular formula is C51H88O9. The van der Waals surface area contributed by atoms with Gasteiger partial charge in [0.2, 0.25) is 0 Å². The molecule has 1 heterocycles. The number of carbonyl (C=O) groups excluding carboxylic acids is 1. The molecule has 0 amide bonds. The maximum atomic E-state index is 12.8. The molecule has 0 radical (unpaired) electrons. The molecule has 0 aromatic rings. The van der Waals surface area contributed by atoms with E-state index in [9.17, 15) is 25.2 Å². The van der Waals surface area contributed by atoms with Crippen LogP contribution in [0.5, 0.6) is 0 Å². The SMILES string of the molecule is CC/C=C\C/C=C\C/C=C\C/C=C\C/C=C\C/C=C\CCC(=O)OC(COCCCCCCCCCCCCCCCCCCCC)COC1OC(CO)C(O)C(O)C1O. The summed E-state index contributed by atoms with van der Waals surface area (Å²) in [7, 11) is 0. The fourth-order valence-corrected chi connectivity index (χ4v) is 6.93. The van der Waals surface area contributed by atoms with Crippen molar-refractivity contribution in [2.24, 2.45) is 0 Å². The molecule has 9 nitrogen and oxygen atoms in total. The Morgan fingerprint density at radius 1 is 0.550 bits per heavy atom. The van der Waals surface area contributed by atoms with E-state index in [1.807, 2.05) is 12.2 Å². The van der Waals surface area contributed by atoms with Crippen LogP contribution >= 0.6 is 0 Å². The number of allylic oxidation sites excluding steroid dienone is 12. The molecule has 1 rings (SSSR count). The second-order valence-electron chi connectivity index (χ2n) is 16.2. The second kappa shape index (κ2) is 42.0. The molecule has 1 aliphatic rings. The van der Waals surface area contributed by atoms with Crippen molar-refractivity contribution in [2.45, 2.75) is 218 Å². The van der Waals surface area contributed by atoms with Crippen molar-refractivity contribution in [1.29, 1.82) is 0 Å². The van der Waals surface area contributed by atoms with Crippen LogP contribution in [0.3, 0.4) is 0 Å². The highest BCUT2D eigenvalue weighted by Gasteiger charge is 2.44. The maximum Gasteiger partial charge on any atom is 0.306 e. The molecule has 1 fully saturated rings. The van der Waals surface area contributed by atoms with Crippen LogP contribution in [-0.2, 0) is 23.7 Å². The first-order chi connectivity index (χ1) is 29.4. The monoisotopic (exact) mass is 845 g/mol. The van der Waals surface area contributed by atoms with Gasteiger partial charge >= 0.3 is 5.97 Å². The quantitative estimate of drug-likeness (QED) is 0.0270. The topological polar surface area (TPSA) is 135 Å². The zero-order valence-corrected chi connectivity index (χ0v) is 37.9. The summed E-state index contributed by atoms with van der Waals surface area (Å²) in [4.78, 5) is 12.8. The Bertz CT molecular complexity index is 1140. The molecular weight excluding hydrogens is 757 g/mol. The average Bonchev–Trinajstić information content (AvgIpc) is 3.25. The first-order valence-electron chi connectivity index (χ1n) is 24.0. The van der Waals surface area contributed by atoms with E-state index in [2.05, 4.69) is 74.6 Å². The number of aliphatic hydroxyl groups excluding tert-OH is 4. The number of esters is 1. The lowest BCUT2D eigenvalue weighted by Crippen LogP contribution is -2.59. The van der Waals surface area contributed by atoms with E-state index in [4.69, 9.17) is 18.9 Å². The largest absolute Gasteiger partial charge is 0.457 e. The molecule has 1 aliphatic heterocycles. The first-order valence-corrected chi connectivity index (χ1v) is 24.0. The standard InChI is InChI=1S/C51H88O9/c1-3-5-7-9-11-13-15-17-19-21-23-24-26-28-30-32-34-36-38-40-47(53)59-45(44-58-51-50(56)49(55)48(54)46(42-52)60-51)43-57-41-39-37-35-33-31-29-27-25-22-20-18-16-14-12-10-8-6-4-2/h5,7,11,13,17,19,23-24,28,30,34,36,45-46,48-52,54-56H,3-4,6,8-10,12,14-16,18,20-22,25-27,29,31-33,35,37-44H2,1-2H3/b7-5-,13-11-,19-17-,24-23-,30-28-,36-34-. The lowest BCUT2D eigenvalue weighted by molar-refractivity contribution is -0.305. The minimum atomic E-state index is -1.55. The molecule has 6 atom stereocenters. The molecule has 0 aromatic heterocycles. The third-order valence-electron chi connectivity index (χ3n) is 10.7. The predicted molar refractivity (Wildman–Crippen MR) is 247 cm³/mol. The van der Waals surface area contributed by atoms with Crippen LogP contribution in [0.15, 0.2) is 72.9 Å². The van der Waals surface area contributed by atoms with Crippen LogP contribution in [0.2, 0.25) is 0 Å². The lowest BCUT2D eigenvalue weighted by Gasteiger charge is -2.39. The van der Waals surface area contributed by atoms with Crippen molar-refractivity contribution in [2.75, 3.05) is 26.4 Å². The molecule has 0 aliphatic carbocycles. The Hall–Kier alpha value is -2.37. The van der Waals surface area contributed by atoms with Crippen molar-refractivity contribution < 1.29 is 44.2 Å². The Labute approximate surface area is 366 Å². The highest BCUT2D eigenvalue weighted by atomic mass is 16.7. The van der Waals surface area contributed by atoms with Gasteiger partial charge in [0.05, 0.1) is 19.8 Å². The van der Waals surface area contributed by atoms with E-state index < -0.39 is 49.4 Å². The van der Waals surface area contributed by atoms with Crippen LogP contribution in [0.1, 0.15) is 181 Å². The molecule has 4 N–H and O–H groups in total. The normalized spacial score (nSPS) is 20.7. The highest BCUT2D eigenvalue weighted by molar-refractivity contribution is 5.69. The van der Waals surface area contributed by atoms with Gasteiger partial charge in [0.25, 0.3) is 0 Å². The number of ether oxygens (including phenoxy) is 4. The van der Waals surface area contributed by atoms with Gasteiger partial charge in [0.1, 0.15) is 30.5 Å². The zero-order valence-electron chi connectivity index (χ0n) is 37.9. The molecule has 60 heavy (non-hydrogen) atoms. The van der Waals surface area contributed by atoms with E-state index in [1.54, 1.807) is 0 Å². The fourth-order valence-electron chi connectivity index (χ4n) is 6.93. The summed E-state index contributed by atoms with van der Waals surface area (Å²) in [6.45, 7) is 4.36. The number of hydrogen-bond acceptors (Lipinski definition) is 9. The van der Waals surface area contributed by atoms with Gasteiger partial charge in [-0.15, -0.1) is 0 Å². The summed E-state index contributed by atoms with van der Waals surface area (Å²) in [5.41, 5.74) is 0. The predicted octanol–water partition coefficient (Wildman–Crippen LogP) is 11.3. The molecule has 6 unspecified atom stereocenters.